The summed E-state index contributed by atoms with van der Waals surface area (Å²) < 4.78 is 0. The van der Waals surface area contributed by atoms with Crippen LogP contribution in [0.3, 0.4) is 0 Å². The van der Waals surface area contributed by atoms with Crippen molar-refractivity contribution in [2.75, 3.05) is 0 Å². The molecule has 4 aliphatic carbocycles. The zero-order chi connectivity index (χ0) is 14.0. The molecule has 0 heterocycles. The summed E-state index contributed by atoms with van der Waals surface area (Å²) in [5, 5.41) is 15.6. The fraction of sp³-hybridized carbons (Fsp3) is 0.714. The van der Waals surface area contributed by atoms with Crippen LogP contribution < -0.4 is 5.73 Å². The second kappa shape index (κ2) is 5.33. The van der Waals surface area contributed by atoms with Gasteiger partial charge in [-0.1, -0.05) is 0 Å². The maximum atomic E-state index is 9.55. The van der Waals surface area contributed by atoms with Crippen molar-refractivity contribution in [3.8, 4) is 0 Å². The van der Waals surface area contributed by atoms with Gasteiger partial charge in [-0.2, -0.15) is 0 Å². The van der Waals surface area contributed by atoms with Gasteiger partial charge in [0.25, 0.3) is 0 Å². The Balaban J connectivity index is 0.000000151. The lowest BCUT2D eigenvalue weighted by atomic mass is 9.53. The molecule has 0 spiro atoms. The lowest BCUT2D eigenvalue weighted by molar-refractivity contribution is -0.134. The summed E-state index contributed by atoms with van der Waals surface area (Å²) >= 11 is 0. The molecule has 0 aliphatic heterocycles. The van der Waals surface area contributed by atoms with Crippen LogP contribution in [0.15, 0.2) is 12.2 Å². The lowest BCUT2D eigenvalue weighted by Crippen LogP contribution is -2.55. The minimum absolute atomic E-state index is 0.300. The van der Waals surface area contributed by atoms with Crippen LogP contribution >= 0.6 is 0 Å². The van der Waals surface area contributed by atoms with E-state index >= 15 is 0 Å². The maximum absolute atomic E-state index is 9.55. The van der Waals surface area contributed by atoms with Gasteiger partial charge >= 0.3 is 11.9 Å². The van der Waals surface area contributed by atoms with Crippen LogP contribution in [0.25, 0.3) is 0 Å². The molecule has 4 aliphatic rings. The van der Waals surface area contributed by atoms with E-state index in [1.807, 2.05) is 0 Å². The first-order chi connectivity index (χ1) is 8.86. The fourth-order valence-electron chi connectivity index (χ4n) is 4.32. The summed E-state index contributed by atoms with van der Waals surface area (Å²) in [4.78, 5) is 19.1. The predicted molar refractivity (Wildman–Crippen MR) is 69.5 cm³/mol. The highest BCUT2D eigenvalue weighted by Crippen LogP contribution is 2.54. The third kappa shape index (κ3) is 3.80. The van der Waals surface area contributed by atoms with E-state index < -0.39 is 11.9 Å². The lowest BCUT2D eigenvalue weighted by Gasteiger charge is -2.55. The second-order valence-electron chi connectivity index (χ2n) is 6.29. The van der Waals surface area contributed by atoms with Crippen molar-refractivity contribution in [1.82, 2.24) is 0 Å². The number of nitrogens with two attached hydrogens (primary N) is 1. The Kier molecular flexibility index (Phi) is 3.94. The molecule has 5 nitrogen and oxygen atoms in total. The Bertz CT molecular complexity index is 351. The van der Waals surface area contributed by atoms with Crippen LogP contribution in [-0.4, -0.2) is 27.7 Å². The van der Waals surface area contributed by atoms with Crippen molar-refractivity contribution in [3.05, 3.63) is 12.2 Å². The molecule has 0 atom stereocenters. The average molecular weight is 267 g/mol. The molecule has 4 N–H and O–H groups in total. The molecule has 4 fully saturated rings. The average Bonchev–Trinajstić information content (AvgIpc) is 2.23. The third-order valence-corrected chi connectivity index (χ3v) is 4.45. The van der Waals surface area contributed by atoms with E-state index in [0.29, 0.717) is 17.7 Å². The molecule has 4 saturated carbocycles. The highest BCUT2D eigenvalue weighted by Gasteiger charge is 2.48. The standard InChI is InChI=1S/C10H17N.C4H4O4/c11-10-4-7-1-8(5-10)3-9(2-7)6-10;5-3(6)1-2-4(7)8/h7-9H,1-6,11H2;1-2H,(H,5,6)(H,7,8)/b;2-1+. The van der Waals surface area contributed by atoms with Crippen molar-refractivity contribution in [1.29, 1.82) is 0 Å². The molecular weight excluding hydrogens is 246 g/mol. The number of hydrogen-bond acceptors (Lipinski definition) is 3. The molecule has 4 rings (SSSR count). The fourth-order valence-corrected chi connectivity index (χ4v) is 4.32. The first-order valence-electron chi connectivity index (χ1n) is 6.79. The minimum atomic E-state index is -1.26. The van der Waals surface area contributed by atoms with Gasteiger partial charge in [0.05, 0.1) is 0 Å². The molecule has 0 radical (unpaired) electrons. The van der Waals surface area contributed by atoms with Gasteiger partial charge in [-0.3, -0.25) is 0 Å². The molecule has 5 heteroatoms. The van der Waals surface area contributed by atoms with Crippen molar-refractivity contribution in [2.45, 2.75) is 44.1 Å². The third-order valence-electron chi connectivity index (χ3n) is 4.45. The topological polar surface area (TPSA) is 101 Å². The number of hydrogen-bond donors (Lipinski definition) is 3. The highest BCUT2D eigenvalue weighted by molar-refractivity contribution is 5.89. The van der Waals surface area contributed by atoms with Gasteiger partial charge < -0.3 is 15.9 Å². The zero-order valence-corrected chi connectivity index (χ0v) is 10.9. The number of carboxylic acid groups (broad SMARTS) is 2. The Morgan fingerprint density at radius 2 is 1.21 bits per heavy atom. The molecule has 0 aromatic rings. The van der Waals surface area contributed by atoms with Crippen LogP contribution in [0.1, 0.15) is 38.5 Å². The van der Waals surface area contributed by atoms with Crippen LogP contribution in [-0.2, 0) is 9.59 Å². The number of aliphatic carboxylic acids is 2. The Morgan fingerprint density at radius 3 is 1.42 bits per heavy atom. The van der Waals surface area contributed by atoms with Gasteiger partial charge in [-0.05, 0) is 56.3 Å². The van der Waals surface area contributed by atoms with Crippen LogP contribution in [0.2, 0.25) is 0 Å². The molecule has 4 bridgehead atoms. The first kappa shape index (κ1) is 14.1. The monoisotopic (exact) mass is 267 g/mol. The molecule has 19 heavy (non-hydrogen) atoms. The Hall–Kier alpha value is -1.36. The van der Waals surface area contributed by atoms with Crippen LogP contribution in [0, 0.1) is 17.8 Å². The Labute approximate surface area is 112 Å². The van der Waals surface area contributed by atoms with Crippen molar-refractivity contribution in [2.24, 2.45) is 23.5 Å². The molecule has 0 unspecified atom stereocenters. The van der Waals surface area contributed by atoms with E-state index in [2.05, 4.69) is 0 Å². The second-order valence-corrected chi connectivity index (χ2v) is 6.29. The minimum Gasteiger partial charge on any atom is -0.478 e. The first-order valence-corrected chi connectivity index (χ1v) is 6.79. The van der Waals surface area contributed by atoms with Crippen molar-refractivity contribution in [3.63, 3.8) is 0 Å². The maximum Gasteiger partial charge on any atom is 0.328 e. The van der Waals surface area contributed by atoms with E-state index in [4.69, 9.17) is 15.9 Å². The number of carboxylic acids is 2. The van der Waals surface area contributed by atoms with E-state index in [-0.39, 0.29) is 0 Å². The van der Waals surface area contributed by atoms with E-state index in [1.165, 1.54) is 38.5 Å². The van der Waals surface area contributed by atoms with Gasteiger partial charge in [0, 0.05) is 17.7 Å². The zero-order valence-electron chi connectivity index (χ0n) is 10.9. The molecule has 0 aromatic carbocycles. The normalized spacial score (nSPS) is 38.9. The van der Waals surface area contributed by atoms with E-state index in [0.717, 1.165) is 17.8 Å². The molecule has 0 amide bonds. The van der Waals surface area contributed by atoms with Crippen LogP contribution in [0.5, 0.6) is 0 Å². The highest BCUT2D eigenvalue weighted by atomic mass is 16.4. The smallest absolute Gasteiger partial charge is 0.328 e. The van der Waals surface area contributed by atoms with Gasteiger partial charge in [0.2, 0.25) is 0 Å². The van der Waals surface area contributed by atoms with Crippen LogP contribution in [0.4, 0.5) is 0 Å². The summed E-state index contributed by atoms with van der Waals surface area (Å²) in [6, 6.07) is 0. The van der Waals surface area contributed by atoms with Gasteiger partial charge in [0.15, 0.2) is 0 Å². The van der Waals surface area contributed by atoms with Gasteiger partial charge in [-0.25, -0.2) is 9.59 Å². The number of carbonyl (C=O) groups is 2. The van der Waals surface area contributed by atoms with Gasteiger partial charge in [-0.15, -0.1) is 0 Å². The summed E-state index contributed by atoms with van der Waals surface area (Å²) in [5.41, 5.74) is 6.62. The largest absolute Gasteiger partial charge is 0.478 e. The van der Waals surface area contributed by atoms with E-state index in [1.54, 1.807) is 0 Å². The summed E-state index contributed by atoms with van der Waals surface area (Å²) in [5.74, 6) is 0.545. The van der Waals surface area contributed by atoms with Crippen molar-refractivity contribution < 1.29 is 19.8 Å². The predicted octanol–water partition coefficient (Wildman–Crippen LogP) is 1.63. The molecular formula is C14H21NO4. The molecule has 0 aromatic heterocycles. The van der Waals surface area contributed by atoms with Crippen molar-refractivity contribution >= 4 is 11.9 Å². The summed E-state index contributed by atoms with van der Waals surface area (Å²) in [6.45, 7) is 0. The molecule has 0 saturated heterocycles. The SMILES string of the molecule is NC12CC3CC(CC(C3)C1)C2.O=C(O)/C=C/C(=O)O. The quantitative estimate of drug-likeness (QED) is 0.660. The summed E-state index contributed by atoms with van der Waals surface area (Å²) in [6.07, 6.45) is 9.69. The van der Waals surface area contributed by atoms with E-state index in [9.17, 15) is 9.59 Å². The number of rotatable bonds is 2. The Morgan fingerprint density at radius 1 is 0.895 bits per heavy atom. The van der Waals surface area contributed by atoms with Gasteiger partial charge in [0.1, 0.15) is 0 Å². The summed E-state index contributed by atoms with van der Waals surface area (Å²) in [7, 11) is 0. The molecule has 106 valence electrons.